The summed E-state index contributed by atoms with van der Waals surface area (Å²) in [5.41, 5.74) is 3.63. The van der Waals surface area contributed by atoms with E-state index in [4.69, 9.17) is 4.74 Å². The number of nitrogens with zero attached hydrogens (tertiary/aromatic N) is 5. The van der Waals surface area contributed by atoms with Crippen molar-refractivity contribution in [3.05, 3.63) is 110 Å². The number of tetrazole rings is 1. The molecular weight excluding hydrogens is 484 g/mol. The maximum absolute atomic E-state index is 13.6. The Labute approximate surface area is 219 Å². The first-order chi connectivity index (χ1) is 18.1. The van der Waals surface area contributed by atoms with Gasteiger partial charge in [-0.2, -0.15) is 0 Å². The summed E-state index contributed by atoms with van der Waals surface area (Å²) in [5, 5.41) is 15.7. The highest BCUT2D eigenvalue weighted by Crippen LogP contribution is 2.29. The van der Waals surface area contributed by atoms with Crippen LogP contribution in [0, 0.1) is 6.92 Å². The van der Waals surface area contributed by atoms with Crippen LogP contribution in [-0.4, -0.2) is 50.4 Å². The third kappa shape index (κ3) is 5.85. The molecular formula is C28H30N6O2S. The number of rotatable bonds is 11. The van der Waals surface area contributed by atoms with Gasteiger partial charge in [0.25, 0.3) is 5.56 Å². The van der Waals surface area contributed by atoms with Crippen LogP contribution < -0.4 is 5.56 Å². The Bertz CT molecular complexity index is 1500. The molecule has 0 amide bonds. The first-order valence-corrected chi connectivity index (χ1v) is 13.2. The van der Waals surface area contributed by atoms with Gasteiger partial charge in [-0.1, -0.05) is 48.5 Å². The van der Waals surface area contributed by atoms with Crippen LogP contribution in [0.3, 0.4) is 0 Å². The largest absolute Gasteiger partial charge is 0.383 e. The molecule has 1 N–H and O–H groups in total. The summed E-state index contributed by atoms with van der Waals surface area (Å²) in [6.45, 7) is 4.36. The van der Waals surface area contributed by atoms with Crippen molar-refractivity contribution in [2.24, 2.45) is 0 Å². The third-order valence-electron chi connectivity index (χ3n) is 6.47. The number of hydrogen-bond donors (Lipinski definition) is 1. The van der Waals surface area contributed by atoms with Crippen LogP contribution in [0.15, 0.2) is 76.9 Å². The van der Waals surface area contributed by atoms with Crippen LogP contribution in [-0.2, 0) is 24.2 Å². The predicted molar refractivity (Wildman–Crippen MR) is 146 cm³/mol. The number of aromatic amines is 1. The second kappa shape index (κ2) is 11.6. The van der Waals surface area contributed by atoms with E-state index in [0.29, 0.717) is 31.1 Å². The molecule has 3 aromatic heterocycles. The van der Waals surface area contributed by atoms with Gasteiger partial charge < -0.3 is 9.72 Å². The molecule has 5 aromatic rings. The fourth-order valence-electron chi connectivity index (χ4n) is 4.60. The maximum atomic E-state index is 13.6. The molecule has 1 unspecified atom stereocenters. The lowest BCUT2D eigenvalue weighted by molar-refractivity contribution is 0.172. The molecule has 0 aliphatic rings. The minimum atomic E-state index is -0.452. The summed E-state index contributed by atoms with van der Waals surface area (Å²) >= 11 is 1.70. The summed E-state index contributed by atoms with van der Waals surface area (Å²) in [5.74, 6) is 0.624. The first-order valence-electron chi connectivity index (χ1n) is 12.3. The lowest BCUT2D eigenvalue weighted by Crippen LogP contribution is -2.36. The molecule has 0 radical (unpaired) electrons. The quantitative estimate of drug-likeness (QED) is 0.282. The number of fused-ring (bicyclic) bond motifs is 1. The summed E-state index contributed by atoms with van der Waals surface area (Å²) in [6, 6.07) is 22.2. The molecule has 2 aromatic carbocycles. The van der Waals surface area contributed by atoms with Crippen molar-refractivity contribution in [3.63, 3.8) is 0 Å². The van der Waals surface area contributed by atoms with Gasteiger partial charge in [0.1, 0.15) is 6.04 Å². The molecule has 3 heterocycles. The molecule has 0 aliphatic heterocycles. The molecule has 0 aliphatic carbocycles. The maximum Gasteiger partial charge on any atom is 0.253 e. The predicted octanol–water partition coefficient (Wildman–Crippen LogP) is 4.37. The van der Waals surface area contributed by atoms with Crippen LogP contribution in [0.2, 0.25) is 0 Å². The number of aromatic nitrogens is 5. The van der Waals surface area contributed by atoms with Crippen LogP contribution in [0.25, 0.3) is 10.9 Å². The van der Waals surface area contributed by atoms with Crippen molar-refractivity contribution in [2.75, 3.05) is 20.3 Å². The molecule has 5 rings (SSSR count). The molecule has 1 atom stereocenters. The van der Waals surface area contributed by atoms with Crippen molar-refractivity contribution >= 4 is 22.2 Å². The smallest absolute Gasteiger partial charge is 0.253 e. The number of methoxy groups -OCH3 is 1. The van der Waals surface area contributed by atoms with Gasteiger partial charge in [0.15, 0.2) is 5.82 Å². The number of aryl methyl sites for hydroxylation is 1. The normalized spacial score (nSPS) is 12.4. The van der Waals surface area contributed by atoms with E-state index in [-0.39, 0.29) is 5.56 Å². The van der Waals surface area contributed by atoms with Crippen LogP contribution >= 0.6 is 11.3 Å². The number of ether oxygens (including phenoxy) is 1. The average molecular weight is 515 g/mol. The molecule has 190 valence electrons. The van der Waals surface area contributed by atoms with Gasteiger partial charge in [0, 0.05) is 36.2 Å². The second-order valence-electron chi connectivity index (χ2n) is 9.09. The zero-order valence-electron chi connectivity index (χ0n) is 21.0. The zero-order valence-corrected chi connectivity index (χ0v) is 21.8. The summed E-state index contributed by atoms with van der Waals surface area (Å²) in [4.78, 5) is 20.2. The SMILES string of the molecule is COCCn1nnnc1C(c1cc2ccc(C)cc2[nH]c1=O)N(CCc1ccccc1)Cc1cccs1. The molecule has 0 saturated heterocycles. The first kappa shape index (κ1) is 25.0. The van der Waals surface area contributed by atoms with E-state index in [1.165, 1.54) is 10.4 Å². The van der Waals surface area contributed by atoms with E-state index in [2.05, 4.69) is 73.3 Å². The Morgan fingerprint density at radius 3 is 2.76 bits per heavy atom. The monoisotopic (exact) mass is 514 g/mol. The van der Waals surface area contributed by atoms with Crippen molar-refractivity contribution in [2.45, 2.75) is 32.5 Å². The van der Waals surface area contributed by atoms with Gasteiger partial charge in [-0.15, -0.1) is 16.4 Å². The van der Waals surface area contributed by atoms with Crippen LogP contribution in [0.1, 0.15) is 33.4 Å². The number of thiophene rings is 1. The molecule has 37 heavy (non-hydrogen) atoms. The summed E-state index contributed by atoms with van der Waals surface area (Å²) < 4.78 is 7.05. The Balaban J connectivity index is 1.63. The number of nitrogens with one attached hydrogen (secondary N) is 1. The van der Waals surface area contributed by atoms with E-state index in [1.807, 2.05) is 31.2 Å². The third-order valence-corrected chi connectivity index (χ3v) is 7.33. The molecule has 0 spiro atoms. The molecule has 8 nitrogen and oxygen atoms in total. The highest BCUT2D eigenvalue weighted by molar-refractivity contribution is 7.09. The Morgan fingerprint density at radius 1 is 1.11 bits per heavy atom. The number of hydrogen-bond acceptors (Lipinski definition) is 7. The van der Waals surface area contributed by atoms with E-state index in [1.54, 1.807) is 23.1 Å². The Kier molecular flexibility index (Phi) is 7.84. The molecule has 0 fully saturated rings. The topological polar surface area (TPSA) is 88.9 Å². The van der Waals surface area contributed by atoms with Gasteiger partial charge in [0.05, 0.1) is 13.2 Å². The summed E-state index contributed by atoms with van der Waals surface area (Å²) in [6.07, 6.45) is 0.826. The van der Waals surface area contributed by atoms with Gasteiger partial charge >= 0.3 is 0 Å². The number of benzene rings is 2. The Hall–Kier alpha value is -3.66. The van der Waals surface area contributed by atoms with Gasteiger partial charge in [-0.05, 0) is 63.9 Å². The van der Waals surface area contributed by atoms with Crippen molar-refractivity contribution in [1.29, 1.82) is 0 Å². The molecule has 0 bridgehead atoms. The van der Waals surface area contributed by atoms with E-state index in [9.17, 15) is 4.79 Å². The fourth-order valence-corrected chi connectivity index (χ4v) is 5.33. The number of pyridine rings is 1. The molecule has 0 saturated carbocycles. The highest BCUT2D eigenvalue weighted by atomic mass is 32.1. The minimum Gasteiger partial charge on any atom is -0.383 e. The van der Waals surface area contributed by atoms with E-state index < -0.39 is 6.04 Å². The van der Waals surface area contributed by atoms with Crippen LogP contribution in [0.4, 0.5) is 0 Å². The van der Waals surface area contributed by atoms with Crippen molar-refractivity contribution < 1.29 is 4.74 Å². The second-order valence-corrected chi connectivity index (χ2v) is 10.1. The van der Waals surface area contributed by atoms with Gasteiger partial charge in [-0.3, -0.25) is 9.69 Å². The fraction of sp³-hybridized carbons (Fsp3) is 0.286. The van der Waals surface area contributed by atoms with Crippen molar-refractivity contribution in [3.8, 4) is 0 Å². The van der Waals surface area contributed by atoms with E-state index >= 15 is 0 Å². The minimum absolute atomic E-state index is 0.139. The zero-order chi connectivity index (χ0) is 25.6. The number of H-pyrrole nitrogens is 1. The lowest BCUT2D eigenvalue weighted by Gasteiger charge is -2.30. The average Bonchev–Trinajstić information content (AvgIpc) is 3.59. The standard InChI is InChI=1S/C28H30N6O2S/c1-20-10-11-22-18-24(28(35)29-25(22)17-20)26(27-30-31-32-34(27)14-15-36-2)33(19-23-9-6-16-37-23)13-12-21-7-4-3-5-8-21/h3-11,16-18,26H,12-15,19H2,1-2H3,(H,29,35). The van der Waals surface area contributed by atoms with Gasteiger partial charge in [-0.25, -0.2) is 4.68 Å². The highest BCUT2D eigenvalue weighted by Gasteiger charge is 2.30. The van der Waals surface area contributed by atoms with Crippen LogP contribution in [0.5, 0.6) is 0 Å². The Morgan fingerprint density at radius 2 is 1.97 bits per heavy atom. The van der Waals surface area contributed by atoms with Gasteiger partial charge in [0.2, 0.25) is 0 Å². The van der Waals surface area contributed by atoms with Crippen molar-refractivity contribution in [1.82, 2.24) is 30.1 Å². The van der Waals surface area contributed by atoms with E-state index in [0.717, 1.165) is 29.4 Å². The lowest BCUT2D eigenvalue weighted by atomic mass is 10.0. The summed E-state index contributed by atoms with van der Waals surface area (Å²) in [7, 11) is 1.65. The molecule has 9 heteroatoms.